The van der Waals surface area contributed by atoms with E-state index in [1.807, 2.05) is 24.3 Å². The van der Waals surface area contributed by atoms with E-state index >= 15 is 0 Å². The Morgan fingerprint density at radius 3 is 1.78 bits per heavy atom. The van der Waals surface area contributed by atoms with Gasteiger partial charge in [0.25, 0.3) is 0 Å². The molecule has 0 saturated carbocycles. The fourth-order valence-electron chi connectivity index (χ4n) is 8.92. The van der Waals surface area contributed by atoms with Gasteiger partial charge in [0, 0.05) is 17.1 Å². The second-order valence-electron chi connectivity index (χ2n) is 14.2. The molecule has 240 valence electrons. The van der Waals surface area contributed by atoms with Gasteiger partial charge in [-0.25, -0.2) is 0 Å². The molecule has 2 aliphatic rings. The first-order chi connectivity index (χ1) is 25.1. The summed E-state index contributed by atoms with van der Waals surface area (Å²) in [5, 5.41) is 14.5. The zero-order valence-corrected chi connectivity index (χ0v) is 28.6. The highest BCUT2D eigenvalue weighted by molar-refractivity contribution is 6.09. The first-order valence-electron chi connectivity index (χ1n) is 17.8. The van der Waals surface area contributed by atoms with Crippen molar-refractivity contribution in [1.82, 2.24) is 0 Å². The van der Waals surface area contributed by atoms with Crippen LogP contribution in [0.1, 0.15) is 53.1 Å². The third kappa shape index (κ3) is 4.16. The van der Waals surface area contributed by atoms with Crippen LogP contribution >= 0.6 is 0 Å². The molecule has 0 unspecified atom stereocenters. The highest BCUT2D eigenvalue weighted by Gasteiger charge is 2.52. The number of fused-ring (bicyclic) bond motifs is 13. The first-order valence-corrected chi connectivity index (χ1v) is 17.8. The molecule has 0 atom stereocenters. The van der Waals surface area contributed by atoms with E-state index in [1.165, 1.54) is 71.6 Å². The normalized spacial score (nSPS) is 13.2. The quantitative estimate of drug-likeness (QED) is 0.189. The van der Waals surface area contributed by atoms with E-state index in [0.717, 1.165) is 17.1 Å². The molecule has 2 heteroatoms. The molecule has 10 rings (SSSR count). The summed E-state index contributed by atoms with van der Waals surface area (Å²) in [6.45, 7) is 4.45. The number of benzene rings is 8. The van der Waals surface area contributed by atoms with E-state index in [2.05, 4.69) is 164 Å². The molecule has 0 radical (unpaired) electrons. The maximum Gasteiger partial charge on any atom is 0.0991 e. The van der Waals surface area contributed by atoms with Gasteiger partial charge in [-0.1, -0.05) is 117 Å². The molecule has 2 nitrogen and oxygen atoms in total. The molecule has 0 fully saturated rings. The molecule has 8 aromatic rings. The van der Waals surface area contributed by atoms with Gasteiger partial charge in [0.05, 0.1) is 17.0 Å². The van der Waals surface area contributed by atoms with Gasteiger partial charge in [-0.05, 0) is 138 Å². The van der Waals surface area contributed by atoms with Crippen molar-refractivity contribution in [3.8, 4) is 28.3 Å². The fraction of sp³-hybridized carbons (Fsp3) is 0.0816. The smallest absolute Gasteiger partial charge is 0.0991 e. The van der Waals surface area contributed by atoms with Crippen molar-refractivity contribution < 1.29 is 0 Å². The van der Waals surface area contributed by atoms with Crippen LogP contribution in [0.15, 0.2) is 164 Å². The van der Waals surface area contributed by atoms with Crippen LogP contribution in [0.4, 0.5) is 17.1 Å². The van der Waals surface area contributed by atoms with Crippen LogP contribution in [0.3, 0.4) is 0 Å². The Bertz CT molecular complexity index is 2680. The monoisotopic (exact) mass is 650 g/mol. The summed E-state index contributed by atoms with van der Waals surface area (Å²) in [6, 6.07) is 62.3. The number of hydrogen-bond donors (Lipinski definition) is 0. The van der Waals surface area contributed by atoms with Crippen molar-refractivity contribution in [2.45, 2.75) is 25.2 Å². The number of nitrogens with zero attached hydrogens (tertiary/aromatic N) is 2. The van der Waals surface area contributed by atoms with Crippen LogP contribution in [-0.2, 0) is 5.41 Å². The van der Waals surface area contributed by atoms with Crippen molar-refractivity contribution >= 4 is 38.6 Å². The Kier molecular flexibility index (Phi) is 6.38. The van der Waals surface area contributed by atoms with Crippen molar-refractivity contribution in [3.05, 3.63) is 197 Å². The molecule has 1 spiro atoms. The lowest BCUT2D eigenvalue weighted by Gasteiger charge is -2.31. The Hall–Kier alpha value is -6.43. The Morgan fingerprint density at radius 1 is 0.490 bits per heavy atom. The summed E-state index contributed by atoms with van der Waals surface area (Å²) < 4.78 is 0. The van der Waals surface area contributed by atoms with E-state index in [9.17, 15) is 5.26 Å². The van der Waals surface area contributed by atoms with E-state index < -0.39 is 5.41 Å². The van der Waals surface area contributed by atoms with Crippen LogP contribution in [0, 0.1) is 11.3 Å². The highest BCUT2D eigenvalue weighted by atomic mass is 15.1. The van der Waals surface area contributed by atoms with Gasteiger partial charge in [0.1, 0.15) is 0 Å². The Labute approximate surface area is 298 Å². The van der Waals surface area contributed by atoms with Gasteiger partial charge in [0.15, 0.2) is 0 Å². The van der Waals surface area contributed by atoms with E-state index in [-0.39, 0.29) is 0 Å². The summed E-state index contributed by atoms with van der Waals surface area (Å²) >= 11 is 0. The summed E-state index contributed by atoms with van der Waals surface area (Å²) in [4.78, 5) is 2.30. The van der Waals surface area contributed by atoms with Gasteiger partial charge in [-0.15, -0.1) is 0 Å². The lowest BCUT2D eigenvalue weighted by Crippen LogP contribution is -2.25. The Balaban J connectivity index is 1.25. The van der Waals surface area contributed by atoms with E-state index in [0.29, 0.717) is 11.5 Å². The topological polar surface area (TPSA) is 27.0 Å². The molecule has 0 aromatic heterocycles. The van der Waals surface area contributed by atoms with Gasteiger partial charge >= 0.3 is 0 Å². The van der Waals surface area contributed by atoms with Crippen molar-refractivity contribution in [1.29, 1.82) is 5.26 Å². The van der Waals surface area contributed by atoms with Crippen LogP contribution in [-0.4, -0.2) is 0 Å². The van der Waals surface area contributed by atoms with Crippen LogP contribution in [0.25, 0.3) is 43.8 Å². The second kappa shape index (κ2) is 11.0. The van der Waals surface area contributed by atoms with Crippen LogP contribution in [0.5, 0.6) is 0 Å². The standard InChI is InChI=1S/C49H34N2/c1-31(2)33-17-23-38(24-18-33)51(37-21-15-32(30-50)16-22-37)39-25-19-35-28-43-47(29-36(35)27-39)49(46-26-20-34-9-3-4-10-40(34)48(43)46)44-13-7-5-11-41(44)42-12-6-8-14-45(42)49/h3-29,31H,1-2H3. The molecular formula is C49H34N2. The van der Waals surface area contributed by atoms with Crippen LogP contribution < -0.4 is 4.90 Å². The first kappa shape index (κ1) is 29.5. The maximum atomic E-state index is 9.55. The highest BCUT2D eigenvalue weighted by Crippen LogP contribution is 2.64. The molecule has 0 saturated heterocycles. The number of nitriles is 1. The summed E-state index contributed by atoms with van der Waals surface area (Å²) in [5.41, 5.74) is 15.4. The third-order valence-corrected chi connectivity index (χ3v) is 11.2. The minimum atomic E-state index is -0.425. The lowest BCUT2D eigenvalue weighted by molar-refractivity contribution is 0.795. The average Bonchev–Trinajstić information content (AvgIpc) is 3.64. The lowest BCUT2D eigenvalue weighted by atomic mass is 9.70. The minimum Gasteiger partial charge on any atom is -0.310 e. The summed E-state index contributed by atoms with van der Waals surface area (Å²) in [5.74, 6) is 0.449. The van der Waals surface area contributed by atoms with Crippen molar-refractivity contribution in [2.24, 2.45) is 0 Å². The van der Waals surface area contributed by atoms with Gasteiger partial charge in [-0.2, -0.15) is 5.26 Å². The molecule has 2 aliphatic carbocycles. The summed E-state index contributed by atoms with van der Waals surface area (Å²) in [7, 11) is 0. The third-order valence-electron chi connectivity index (χ3n) is 11.2. The molecule has 0 aliphatic heterocycles. The van der Waals surface area contributed by atoms with E-state index in [1.54, 1.807) is 0 Å². The van der Waals surface area contributed by atoms with Crippen molar-refractivity contribution in [3.63, 3.8) is 0 Å². The zero-order valence-electron chi connectivity index (χ0n) is 28.6. The van der Waals surface area contributed by atoms with Gasteiger partial charge in [-0.3, -0.25) is 0 Å². The molecule has 51 heavy (non-hydrogen) atoms. The number of hydrogen-bond acceptors (Lipinski definition) is 2. The maximum absolute atomic E-state index is 9.55. The van der Waals surface area contributed by atoms with Crippen LogP contribution in [0.2, 0.25) is 0 Å². The largest absolute Gasteiger partial charge is 0.310 e. The second-order valence-corrected chi connectivity index (χ2v) is 14.2. The molecular weight excluding hydrogens is 617 g/mol. The SMILES string of the molecule is CC(C)c1ccc(N(c2ccc(C#N)cc2)c2ccc3cc4c(cc3c2)C2(c3ccccc3-c3ccccc32)c2ccc3ccccc3c2-4)cc1. The fourth-order valence-corrected chi connectivity index (χ4v) is 8.92. The molecule has 8 aromatic carbocycles. The number of rotatable bonds is 4. The average molecular weight is 651 g/mol. The molecule has 0 amide bonds. The zero-order chi connectivity index (χ0) is 34.3. The molecule has 0 N–H and O–H groups in total. The Morgan fingerprint density at radius 2 is 1.10 bits per heavy atom. The van der Waals surface area contributed by atoms with Gasteiger partial charge < -0.3 is 4.90 Å². The predicted octanol–water partition coefficient (Wildman–Crippen LogP) is 12.8. The summed E-state index contributed by atoms with van der Waals surface area (Å²) in [6.07, 6.45) is 0. The number of anilines is 3. The van der Waals surface area contributed by atoms with E-state index in [4.69, 9.17) is 0 Å². The van der Waals surface area contributed by atoms with Gasteiger partial charge in [0.2, 0.25) is 0 Å². The molecule has 0 bridgehead atoms. The van der Waals surface area contributed by atoms with Crippen molar-refractivity contribution in [2.75, 3.05) is 4.90 Å². The minimum absolute atomic E-state index is 0.425. The predicted molar refractivity (Wildman–Crippen MR) is 211 cm³/mol. The molecule has 0 heterocycles.